The smallest absolute Gasteiger partial charge is 0.254 e. The van der Waals surface area contributed by atoms with Crippen molar-refractivity contribution in [1.82, 2.24) is 5.32 Å². The van der Waals surface area contributed by atoms with Gasteiger partial charge in [0.2, 0.25) is 0 Å². The van der Waals surface area contributed by atoms with Crippen LogP contribution in [0.25, 0.3) is 10.8 Å². The molecule has 18 heavy (non-hydrogen) atoms. The molecule has 4 heteroatoms. The van der Waals surface area contributed by atoms with Gasteiger partial charge < -0.3 is 15.7 Å². The van der Waals surface area contributed by atoms with Crippen LogP contribution in [0.2, 0.25) is 0 Å². The Kier molecular flexibility index (Phi) is 3.37. The molecule has 1 amide bonds. The van der Waals surface area contributed by atoms with E-state index in [1.54, 1.807) is 19.2 Å². The second-order valence-electron chi connectivity index (χ2n) is 3.97. The molecule has 2 aromatic rings. The number of nitrogens with one attached hydrogen (secondary N) is 2. The Hall–Kier alpha value is -2.23. The third-order valence-electron chi connectivity index (χ3n) is 2.87. The van der Waals surface area contributed by atoms with Crippen molar-refractivity contribution in [3.8, 4) is 5.75 Å². The number of hydrogen-bond acceptors (Lipinski definition) is 3. The van der Waals surface area contributed by atoms with Gasteiger partial charge in [0.25, 0.3) is 5.91 Å². The summed E-state index contributed by atoms with van der Waals surface area (Å²) in [4.78, 5) is 11.6. The van der Waals surface area contributed by atoms with E-state index in [0.29, 0.717) is 10.9 Å². The van der Waals surface area contributed by atoms with Crippen molar-refractivity contribution < 1.29 is 9.90 Å². The van der Waals surface area contributed by atoms with Crippen LogP contribution in [0.1, 0.15) is 17.3 Å². The van der Waals surface area contributed by atoms with Gasteiger partial charge in [0.1, 0.15) is 5.75 Å². The molecule has 0 spiro atoms. The molecule has 0 aliphatic rings. The Balaban J connectivity index is 2.65. The van der Waals surface area contributed by atoms with Gasteiger partial charge in [-0.15, -0.1) is 0 Å². The number of amides is 1. The standard InChI is InChI=1S/C14H16N2O2/c1-3-16-12-6-4-5-10-9(12)7-8-11(13(10)17)14(18)15-2/h4-8,16-17H,3H2,1-2H3,(H,15,18). The second-order valence-corrected chi connectivity index (χ2v) is 3.97. The predicted octanol–water partition coefficient (Wildman–Crippen LogP) is 2.34. The fourth-order valence-electron chi connectivity index (χ4n) is 2.00. The minimum Gasteiger partial charge on any atom is -0.506 e. The van der Waals surface area contributed by atoms with Gasteiger partial charge >= 0.3 is 0 Å². The largest absolute Gasteiger partial charge is 0.506 e. The highest BCUT2D eigenvalue weighted by Crippen LogP contribution is 2.32. The van der Waals surface area contributed by atoms with Gasteiger partial charge in [0.15, 0.2) is 0 Å². The van der Waals surface area contributed by atoms with E-state index in [-0.39, 0.29) is 11.7 Å². The maximum atomic E-state index is 11.6. The van der Waals surface area contributed by atoms with Gasteiger partial charge in [-0.05, 0) is 19.1 Å². The van der Waals surface area contributed by atoms with Crippen LogP contribution in [-0.4, -0.2) is 24.6 Å². The van der Waals surface area contributed by atoms with E-state index in [2.05, 4.69) is 10.6 Å². The van der Waals surface area contributed by atoms with E-state index < -0.39 is 0 Å². The number of hydrogen-bond donors (Lipinski definition) is 3. The molecule has 3 N–H and O–H groups in total. The molecule has 0 saturated carbocycles. The molecule has 2 aromatic carbocycles. The summed E-state index contributed by atoms with van der Waals surface area (Å²) in [5.41, 5.74) is 1.24. The third kappa shape index (κ3) is 1.97. The summed E-state index contributed by atoms with van der Waals surface area (Å²) in [6, 6.07) is 9.09. The Morgan fingerprint density at radius 2 is 2.00 bits per heavy atom. The highest BCUT2D eigenvalue weighted by atomic mass is 16.3. The van der Waals surface area contributed by atoms with Crippen LogP contribution < -0.4 is 10.6 Å². The topological polar surface area (TPSA) is 61.4 Å². The van der Waals surface area contributed by atoms with Crippen molar-refractivity contribution in [2.24, 2.45) is 0 Å². The number of benzene rings is 2. The first kappa shape index (κ1) is 12.2. The van der Waals surface area contributed by atoms with Crippen LogP contribution in [0, 0.1) is 0 Å². The molecule has 2 rings (SSSR count). The highest BCUT2D eigenvalue weighted by Gasteiger charge is 2.13. The zero-order chi connectivity index (χ0) is 13.1. The molecule has 94 valence electrons. The minimum atomic E-state index is -0.289. The number of rotatable bonds is 3. The fraction of sp³-hybridized carbons (Fsp3) is 0.214. The van der Waals surface area contributed by atoms with Crippen molar-refractivity contribution in [1.29, 1.82) is 0 Å². The lowest BCUT2D eigenvalue weighted by molar-refractivity contribution is 0.0960. The van der Waals surface area contributed by atoms with Gasteiger partial charge in [-0.1, -0.05) is 18.2 Å². The Morgan fingerprint density at radius 3 is 2.67 bits per heavy atom. The monoisotopic (exact) mass is 244 g/mol. The predicted molar refractivity (Wildman–Crippen MR) is 73.2 cm³/mol. The molecule has 0 bridgehead atoms. The average molecular weight is 244 g/mol. The van der Waals surface area contributed by atoms with E-state index in [0.717, 1.165) is 17.6 Å². The summed E-state index contributed by atoms with van der Waals surface area (Å²) in [7, 11) is 1.54. The molecule has 0 radical (unpaired) electrons. The highest BCUT2D eigenvalue weighted by molar-refractivity contribution is 6.06. The van der Waals surface area contributed by atoms with Crippen LogP contribution >= 0.6 is 0 Å². The Labute approximate surface area is 106 Å². The summed E-state index contributed by atoms with van der Waals surface area (Å²) in [6.07, 6.45) is 0. The molecule has 0 aliphatic heterocycles. The molecule has 0 atom stereocenters. The summed E-state index contributed by atoms with van der Waals surface area (Å²) in [6.45, 7) is 2.81. The molecule has 0 saturated heterocycles. The lowest BCUT2D eigenvalue weighted by atomic mass is 10.0. The van der Waals surface area contributed by atoms with E-state index in [1.165, 1.54) is 0 Å². The summed E-state index contributed by atoms with van der Waals surface area (Å²) >= 11 is 0. The minimum absolute atomic E-state index is 0.0200. The molecular weight excluding hydrogens is 228 g/mol. The average Bonchev–Trinajstić information content (AvgIpc) is 2.39. The van der Waals surface area contributed by atoms with Crippen LogP contribution in [0.3, 0.4) is 0 Å². The van der Waals surface area contributed by atoms with Crippen molar-refractivity contribution in [3.05, 3.63) is 35.9 Å². The number of fused-ring (bicyclic) bond motifs is 1. The number of aromatic hydroxyl groups is 1. The number of carbonyl (C=O) groups is 1. The second kappa shape index (κ2) is 4.96. The summed E-state index contributed by atoms with van der Waals surface area (Å²) in [5.74, 6) is -0.269. The Bertz CT molecular complexity index is 594. The summed E-state index contributed by atoms with van der Waals surface area (Å²) in [5, 5.41) is 17.5. The van der Waals surface area contributed by atoms with E-state index >= 15 is 0 Å². The zero-order valence-electron chi connectivity index (χ0n) is 10.4. The first-order chi connectivity index (χ1) is 8.69. The first-order valence-corrected chi connectivity index (χ1v) is 5.89. The first-order valence-electron chi connectivity index (χ1n) is 5.89. The van der Waals surface area contributed by atoms with Crippen LogP contribution in [0.4, 0.5) is 5.69 Å². The summed E-state index contributed by atoms with van der Waals surface area (Å²) < 4.78 is 0. The quantitative estimate of drug-likeness (QED) is 0.776. The van der Waals surface area contributed by atoms with E-state index in [4.69, 9.17) is 0 Å². The van der Waals surface area contributed by atoms with Crippen LogP contribution in [0.15, 0.2) is 30.3 Å². The molecule has 4 nitrogen and oxygen atoms in total. The SMILES string of the molecule is CCNc1cccc2c(O)c(C(=O)NC)ccc12. The van der Waals surface area contributed by atoms with Gasteiger partial charge in [0.05, 0.1) is 5.56 Å². The van der Waals surface area contributed by atoms with Gasteiger partial charge in [0, 0.05) is 30.1 Å². The lowest BCUT2D eigenvalue weighted by Gasteiger charge is -2.11. The lowest BCUT2D eigenvalue weighted by Crippen LogP contribution is -2.17. The molecule has 0 heterocycles. The molecular formula is C14H16N2O2. The molecule has 0 unspecified atom stereocenters. The van der Waals surface area contributed by atoms with Gasteiger partial charge in [-0.3, -0.25) is 4.79 Å². The van der Waals surface area contributed by atoms with Crippen molar-refractivity contribution in [2.75, 3.05) is 18.9 Å². The van der Waals surface area contributed by atoms with E-state index in [1.807, 2.05) is 25.1 Å². The van der Waals surface area contributed by atoms with Crippen molar-refractivity contribution in [2.45, 2.75) is 6.92 Å². The molecule has 0 aromatic heterocycles. The van der Waals surface area contributed by atoms with Gasteiger partial charge in [-0.25, -0.2) is 0 Å². The number of phenolic OH excluding ortho intramolecular Hbond substituents is 1. The van der Waals surface area contributed by atoms with Crippen LogP contribution in [-0.2, 0) is 0 Å². The maximum Gasteiger partial charge on any atom is 0.254 e. The number of carbonyl (C=O) groups excluding carboxylic acids is 1. The van der Waals surface area contributed by atoms with E-state index in [9.17, 15) is 9.90 Å². The van der Waals surface area contributed by atoms with Gasteiger partial charge in [-0.2, -0.15) is 0 Å². The number of phenols is 1. The fourth-order valence-corrected chi connectivity index (χ4v) is 2.00. The normalized spacial score (nSPS) is 10.3. The molecule has 0 fully saturated rings. The third-order valence-corrected chi connectivity index (χ3v) is 2.87. The zero-order valence-corrected chi connectivity index (χ0v) is 10.4. The van der Waals surface area contributed by atoms with Crippen molar-refractivity contribution >= 4 is 22.4 Å². The Morgan fingerprint density at radius 1 is 1.22 bits per heavy atom. The van der Waals surface area contributed by atoms with Crippen LogP contribution in [0.5, 0.6) is 5.75 Å². The van der Waals surface area contributed by atoms with Crippen molar-refractivity contribution in [3.63, 3.8) is 0 Å². The number of anilines is 1. The maximum absolute atomic E-state index is 11.6. The molecule has 0 aliphatic carbocycles.